The Morgan fingerprint density at radius 2 is 2.30 bits per heavy atom. The number of ether oxygens (including phenoxy) is 1. The minimum absolute atomic E-state index is 0.323. The van der Waals surface area contributed by atoms with E-state index >= 15 is 0 Å². The Bertz CT molecular complexity index is 404. The third kappa shape index (κ3) is 3.61. The van der Waals surface area contributed by atoms with Crippen molar-refractivity contribution in [1.29, 1.82) is 0 Å². The van der Waals surface area contributed by atoms with Crippen LogP contribution in [0.15, 0.2) is 12.3 Å². The molecule has 2 rings (SSSR count). The molecule has 0 spiro atoms. The molecule has 4 heteroatoms. The Labute approximate surface area is 122 Å². The third-order valence-corrected chi connectivity index (χ3v) is 4.44. The average molecular weight is 279 g/mol. The predicted octanol–water partition coefficient (Wildman–Crippen LogP) is 2.80. The zero-order valence-corrected chi connectivity index (χ0v) is 13.3. The molecule has 2 heterocycles. The van der Waals surface area contributed by atoms with Crippen molar-refractivity contribution < 1.29 is 4.74 Å². The molecule has 0 saturated carbocycles. The van der Waals surface area contributed by atoms with Crippen molar-refractivity contribution >= 4 is 0 Å². The second-order valence-electron chi connectivity index (χ2n) is 6.01. The van der Waals surface area contributed by atoms with E-state index in [1.165, 1.54) is 12.1 Å². The highest BCUT2D eigenvalue weighted by atomic mass is 16.5. The zero-order chi connectivity index (χ0) is 14.5. The van der Waals surface area contributed by atoms with Crippen LogP contribution in [0, 0.1) is 5.92 Å². The van der Waals surface area contributed by atoms with Gasteiger partial charge in [-0.1, -0.05) is 20.8 Å². The number of aromatic nitrogens is 2. The zero-order valence-electron chi connectivity index (χ0n) is 13.3. The van der Waals surface area contributed by atoms with Gasteiger partial charge in [-0.15, -0.1) is 0 Å². The van der Waals surface area contributed by atoms with E-state index in [0.717, 1.165) is 26.0 Å². The summed E-state index contributed by atoms with van der Waals surface area (Å²) in [5, 5.41) is 8.30. The Morgan fingerprint density at radius 1 is 1.50 bits per heavy atom. The molecule has 1 N–H and O–H groups in total. The van der Waals surface area contributed by atoms with E-state index in [9.17, 15) is 0 Å². The lowest BCUT2D eigenvalue weighted by molar-refractivity contribution is 0.0611. The van der Waals surface area contributed by atoms with Gasteiger partial charge in [0.15, 0.2) is 0 Å². The number of nitrogens with zero attached hydrogens (tertiary/aromatic N) is 2. The molecule has 1 fully saturated rings. The van der Waals surface area contributed by atoms with E-state index in [2.05, 4.69) is 50.0 Å². The first-order valence-electron chi connectivity index (χ1n) is 8.04. The Balaban J connectivity index is 2.02. The lowest BCUT2D eigenvalue weighted by Gasteiger charge is -2.26. The summed E-state index contributed by atoms with van der Waals surface area (Å²) >= 11 is 0. The predicted molar refractivity (Wildman–Crippen MR) is 81.9 cm³/mol. The summed E-state index contributed by atoms with van der Waals surface area (Å²) in [4.78, 5) is 0. The molecule has 1 aromatic rings. The quantitative estimate of drug-likeness (QED) is 0.834. The first kappa shape index (κ1) is 15.5. The van der Waals surface area contributed by atoms with E-state index in [1.807, 2.05) is 0 Å². The van der Waals surface area contributed by atoms with Crippen LogP contribution in [-0.4, -0.2) is 35.1 Å². The molecule has 4 nitrogen and oxygen atoms in total. The molecule has 114 valence electrons. The first-order chi connectivity index (χ1) is 9.65. The lowest BCUT2D eigenvalue weighted by Crippen LogP contribution is -2.43. The summed E-state index contributed by atoms with van der Waals surface area (Å²) in [6.07, 6.45) is 5.66. The number of hydrogen-bond donors (Lipinski definition) is 1. The van der Waals surface area contributed by atoms with Gasteiger partial charge in [-0.25, -0.2) is 0 Å². The van der Waals surface area contributed by atoms with E-state index < -0.39 is 0 Å². The van der Waals surface area contributed by atoms with Gasteiger partial charge >= 0.3 is 0 Å². The Morgan fingerprint density at radius 3 is 2.90 bits per heavy atom. The summed E-state index contributed by atoms with van der Waals surface area (Å²) in [5.74, 6) is 0.635. The summed E-state index contributed by atoms with van der Waals surface area (Å²) in [5.41, 5.74) is 1.17. The van der Waals surface area contributed by atoms with Gasteiger partial charge in [-0.3, -0.25) is 4.68 Å². The molecule has 0 amide bonds. The summed E-state index contributed by atoms with van der Waals surface area (Å²) in [7, 11) is 0. The van der Waals surface area contributed by atoms with Crippen LogP contribution in [0.1, 0.15) is 52.3 Å². The van der Waals surface area contributed by atoms with Crippen molar-refractivity contribution in [1.82, 2.24) is 15.1 Å². The standard InChI is InChI=1S/C16H29N3O/c1-5-13(4)19-9-7-14(18-19)11-15(17-6-2)16-12(3)8-10-20-16/h7,9,12-13,15-17H,5-6,8,10-11H2,1-4H3. The molecule has 20 heavy (non-hydrogen) atoms. The van der Waals surface area contributed by atoms with Crippen LogP contribution < -0.4 is 5.32 Å². The second kappa shape index (κ2) is 7.23. The molecule has 0 aliphatic carbocycles. The maximum absolute atomic E-state index is 5.93. The maximum atomic E-state index is 5.93. The second-order valence-corrected chi connectivity index (χ2v) is 6.01. The van der Waals surface area contributed by atoms with Crippen LogP contribution in [0.3, 0.4) is 0 Å². The fraction of sp³-hybridized carbons (Fsp3) is 0.812. The normalized spacial score (nSPS) is 25.8. The largest absolute Gasteiger partial charge is 0.376 e. The van der Waals surface area contributed by atoms with Crippen LogP contribution in [0.2, 0.25) is 0 Å². The third-order valence-electron chi connectivity index (χ3n) is 4.44. The molecule has 0 radical (unpaired) electrons. The summed E-state index contributed by atoms with van der Waals surface area (Å²) in [6.45, 7) is 10.7. The summed E-state index contributed by atoms with van der Waals surface area (Å²) < 4.78 is 8.01. The number of nitrogens with one attached hydrogen (secondary N) is 1. The SMILES string of the molecule is CCNC(Cc1ccn(C(C)CC)n1)C1OCCC1C. The number of rotatable bonds is 7. The van der Waals surface area contributed by atoms with Gasteiger partial charge < -0.3 is 10.1 Å². The van der Waals surface area contributed by atoms with Gasteiger partial charge in [-0.2, -0.15) is 5.10 Å². The van der Waals surface area contributed by atoms with Crippen molar-refractivity contribution in [2.24, 2.45) is 5.92 Å². The van der Waals surface area contributed by atoms with Crippen LogP contribution in [-0.2, 0) is 11.2 Å². The maximum Gasteiger partial charge on any atom is 0.0758 e. The molecular weight excluding hydrogens is 250 g/mol. The molecule has 1 saturated heterocycles. The van der Waals surface area contributed by atoms with Gasteiger partial charge in [-0.05, 0) is 38.3 Å². The van der Waals surface area contributed by atoms with E-state index in [-0.39, 0.29) is 0 Å². The molecule has 4 unspecified atom stereocenters. The summed E-state index contributed by atoms with van der Waals surface area (Å²) in [6, 6.07) is 3.00. The topological polar surface area (TPSA) is 39.1 Å². The van der Waals surface area contributed by atoms with Crippen molar-refractivity contribution in [2.75, 3.05) is 13.2 Å². The Kier molecular flexibility index (Phi) is 5.61. The van der Waals surface area contributed by atoms with Crippen molar-refractivity contribution in [2.45, 2.75) is 65.1 Å². The van der Waals surface area contributed by atoms with Crippen LogP contribution in [0.4, 0.5) is 0 Å². The van der Waals surface area contributed by atoms with Crippen molar-refractivity contribution in [3.63, 3.8) is 0 Å². The van der Waals surface area contributed by atoms with Crippen LogP contribution >= 0.6 is 0 Å². The minimum Gasteiger partial charge on any atom is -0.376 e. The highest BCUT2D eigenvalue weighted by Gasteiger charge is 2.32. The average Bonchev–Trinajstić information content (AvgIpc) is 3.06. The van der Waals surface area contributed by atoms with Crippen molar-refractivity contribution in [3.05, 3.63) is 18.0 Å². The molecule has 1 aliphatic rings. The van der Waals surface area contributed by atoms with Gasteiger partial charge in [0, 0.05) is 31.3 Å². The van der Waals surface area contributed by atoms with Gasteiger partial charge in [0.2, 0.25) is 0 Å². The van der Waals surface area contributed by atoms with Gasteiger partial charge in [0.1, 0.15) is 0 Å². The fourth-order valence-corrected chi connectivity index (χ4v) is 2.94. The molecule has 1 aromatic heterocycles. The van der Waals surface area contributed by atoms with Crippen LogP contribution in [0.5, 0.6) is 0 Å². The minimum atomic E-state index is 0.323. The molecule has 0 aromatic carbocycles. The number of hydrogen-bond acceptors (Lipinski definition) is 3. The van der Waals surface area contributed by atoms with Crippen molar-refractivity contribution in [3.8, 4) is 0 Å². The highest BCUT2D eigenvalue weighted by molar-refractivity contribution is 5.04. The highest BCUT2D eigenvalue weighted by Crippen LogP contribution is 2.24. The Hall–Kier alpha value is -0.870. The lowest BCUT2D eigenvalue weighted by atomic mass is 9.94. The number of likely N-dealkylation sites (N-methyl/N-ethyl adjacent to an activating group) is 1. The van der Waals surface area contributed by atoms with Gasteiger partial charge in [0.25, 0.3) is 0 Å². The fourth-order valence-electron chi connectivity index (χ4n) is 2.94. The smallest absolute Gasteiger partial charge is 0.0758 e. The van der Waals surface area contributed by atoms with Gasteiger partial charge in [0.05, 0.1) is 11.8 Å². The molecular formula is C16H29N3O. The molecule has 4 atom stereocenters. The van der Waals surface area contributed by atoms with Crippen LogP contribution in [0.25, 0.3) is 0 Å². The molecule has 1 aliphatic heterocycles. The van der Waals surface area contributed by atoms with E-state index in [1.54, 1.807) is 0 Å². The monoisotopic (exact) mass is 279 g/mol. The van der Waals surface area contributed by atoms with E-state index in [4.69, 9.17) is 9.84 Å². The molecule has 0 bridgehead atoms. The first-order valence-corrected chi connectivity index (χ1v) is 8.04. The van der Waals surface area contributed by atoms with E-state index in [0.29, 0.717) is 24.1 Å².